The molecule has 20 heavy (non-hydrogen) atoms. The minimum absolute atomic E-state index is 0.0391. The highest BCUT2D eigenvalue weighted by Gasteiger charge is 2.32. The smallest absolute Gasteiger partial charge is 0.246 e. The quantitative estimate of drug-likeness (QED) is 0.856. The van der Waals surface area contributed by atoms with Crippen molar-refractivity contribution >= 4 is 27.5 Å². The van der Waals surface area contributed by atoms with E-state index in [0.717, 1.165) is 23.5 Å². The third-order valence-corrected chi connectivity index (χ3v) is 6.71. The Labute approximate surface area is 124 Å². The third-order valence-electron chi connectivity index (χ3n) is 3.63. The first-order valence-corrected chi connectivity index (χ1v) is 8.97. The van der Waals surface area contributed by atoms with Crippen LogP contribution >= 0.6 is 11.8 Å². The largest absolute Gasteiger partial charge is 0.495 e. The molecule has 1 saturated heterocycles. The molecule has 1 atom stereocenters. The number of hydrogen-bond acceptors (Lipinski definition) is 5. The van der Waals surface area contributed by atoms with Crippen molar-refractivity contribution < 1.29 is 13.2 Å². The van der Waals surface area contributed by atoms with Crippen LogP contribution in [0.2, 0.25) is 0 Å². The van der Waals surface area contributed by atoms with Gasteiger partial charge in [0.1, 0.15) is 10.6 Å². The van der Waals surface area contributed by atoms with E-state index < -0.39 is 10.0 Å². The highest BCUT2D eigenvalue weighted by Crippen LogP contribution is 2.33. The predicted octanol–water partition coefficient (Wildman–Crippen LogP) is 1.71. The summed E-state index contributed by atoms with van der Waals surface area (Å²) in [5.74, 6) is 2.17. The zero-order chi connectivity index (χ0) is 14.9. The van der Waals surface area contributed by atoms with E-state index in [1.54, 1.807) is 24.9 Å². The van der Waals surface area contributed by atoms with Crippen molar-refractivity contribution in [1.29, 1.82) is 0 Å². The lowest BCUT2D eigenvalue weighted by molar-refractivity contribution is 0.380. The molecule has 1 aliphatic rings. The number of sulfonamides is 1. The van der Waals surface area contributed by atoms with Crippen molar-refractivity contribution in [2.75, 3.05) is 31.4 Å². The molecule has 0 spiro atoms. The van der Waals surface area contributed by atoms with E-state index in [4.69, 9.17) is 10.5 Å². The summed E-state index contributed by atoms with van der Waals surface area (Å²) in [5.41, 5.74) is 7.11. The molecule has 1 fully saturated rings. The number of anilines is 1. The Balaban J connectivity index is 2.45. The van der Waals surface area contributed by atoms with Gasteiger partial charge in [0.15, 0.2) is 0 Å². The summed E-state index contributed by atoms with van der Waals surface area (Å²) in [4.78, 5) is 0.141. The second-order valence-corrected chi connectivity index (χ2v) is 8.01. The van der Waals surface area contributed by atoms with Gasteiger partial charge in [-0.1, -0.05) is 0 Å². The van der Waals surface area contributed by atoms with Crippen LogP contribution in [0, 0.1) is 6.92 Å². The van der Waals surface area contributed by atoms with Crippen molar-refractivity contribution in [2.24, 2.45) is 0 Å². The molecule has 0 aromatic heterocycles. The fourth-order valence-corrected chi connectivity index (χ4v) is 5.12. The van der Waals surface area contributed by atoms with Crippen molar-refractivity contribution in [3.05, 3.63) is 17.7 Å². The highest BCUT2D eigenvalue weighted by atomic mass is 32.2. The van der Waals surface area contributed by atoms with E-state index in [0.29, 0.717) is 11.4 Å². The lowest BCUT2D eigenvalue weighted by Gasteiger charge is -2.24. The van der Waals surface area contributed by atoms with Gasteiger partial charge in [-0.25, -0.2) is 8.42 Å². The van der Waals surface area contributed by atoms with Gasteiger partial charge in [0, 0.05) is 24.5 Å². The topological polar surface area (TPSA) is 72.6 Å². The summed E-state index contributed by atoms with van der Waals surface area (Å²) in [6, 6.07) is 3.19. The molecule has 112 valence electrons. The summed E-state index contributed by atoms with van der Waals surface area (Å²) in [5, 5.41) is 0. The molecule has 0 aliphatic carbocycles. The second-order valence-electron chi connectivity index (χ2n) is 4.90. The number of methoxy groups -OCH3 is 1. The SMILES string of the molecule is COc1cc(C)c(N)cc1S(=O)(=O)N(C)C1CCSC1. The maximum absolute atomic E-state index is 12.7. The number of ether oxygens (including phenoxy) is 1. The predicted molar refractivity (Wildman–Crippen MR) is 82.8 cm³/mol. The van der Waals surface area contributed by atoms with E-state index in [2.05, 4.69) is 0 Å². The number of thioether (sulfide) groups is 1. The van der Waals surface area contributed by atoms with Crippen molar-refractivity contribution in [3.63, 3.8) is 0 Å². The van der Waals surface area contributed by atoms with Gasteiger partial charge in [-0.15, -0.1) is 0 Å². The Morgan fingerprint density at radius 3 is 2.70 bits per heavy atom. The number of nitrogens with zero attached hydrogens (tertiary/aromatic N) is 1. The molecule has 7 heteroatoms. The first kappa shape index (κ1) is 15.5. The Morgan fingerprint density at radius 1 is 1.45 bits per heavy atom. The minimum Gasteiger partial charge on any atom is -0.495 e. The van der Waals surface area contributed by atoms with E-state index in [1.165, 1.54) is 17.5 Å². The number of rotatable bonds is 4. The van der Waals surface area contributed by atoms with Gasteiger partial charge in [0.25, 0.3) is 0 Å². The van der Waals surface area contributed by atoms with Gasteiger partial charge < -0.3 is 10.5 Å². The Hall–Kier alpha value is -0.920. The summed E-state index contributed by atoms with van der Waals surface area (Å²) in [7, 11) is -0.495. The fraction of sp³-hybridized carbons (Fsp3) is 0.538. The van der Waals surface area contributed by atoms with Crippen LogP contribution in [0.25, 0.3) is 0 Å². The molecule has 0 saturated carbocycles. The molecule has 1 aliphatic heterocycles. The van der Waals surface area contributed by atoms with E-state index in [9.17, 15) is 8.42 Å². The van der Waals surface area contributed by atoms with Gasteiger partial charge in [0.05, 0.1) is 7.11 Å². The van der Waals surface area contributed by atoms with Crippen LogP contribution in [-0.2, 0) is 10.0 Å². The van der Waals surface area contributed by atoms with Crippen LogP contribution < -0.4 is 10.5 Å². The maximum Gasteiger partial charge on any atom is 0.246 e. The van der Waals surface area contributed by atoms with Gasteiger partial charge in [0.2, 0.25) is 10.0 Å². The lowest BCUT2D eigenvalue weighted by Crippen LogP contribution is -2.37. The molecule has 0 amide bonds. The Kier molecular flexibility index (Phi) is 4.51. The second kappa shape index (κ2) is 5.83. The van der Waals surface area contributed by atoms with E-state index in [-0.39, 0.29) is 10.9 Å². The summed E-state index contributed by atoms with van der Waals surface area (Å²) >= 11 is 1.78. The van der Waals surface area contributed by atoms with Crippen LogP contribution in [0.4, 0.5) is 5.69 Å². The Morgan fingerprint density at radius 2 is 2.15 bits per heavy atom. The zero-order valence-electron chi connectivity index (χ0n) is 11.9. The average molecular weight is 316 g/mol. The molecule has 2 rings (SSSR count). The molecule has 1 aromatic carbocycles. The number of nitrogens with two attached hydrogens (primary N) is 1. The zero-order valence-corrected chi connectivity index (χ0v) is 13.6. The molecule has 2 N–H and O–H groups in total. The molecular weight excluding hydrogens is 296 g/mol. The molecule has 5 nitrogen and oxygen atoms in total. The summed E-state index contributed by atoms with van der Waals surface area (Å²) in [6.45, 7) is 1.82. The molecule has 0 bridgehead atoms. The normalized spacial score (nSPS) is 19.5. The molecule has 1 unspecified atom stereocenters. The van der Waals surface area contributed by atoms with Crippen LogP contribution in [0.3, 0.4) is 0 Å². The van der Waals surface area contributed by atoms with E-state index >= 15 is 0 Å². The van der Waals surface area contributed by atoms with Gasteiger partial charge in [-0.05, 0) is 36.8 Å². The van der Waals surface area contributed by atoms with Crippen molar-refractivity contribution in [1.82, 2.24) is 4.31 Å². The molecule has 1 aromatic rings. The molecule has 0 radical (unpaired) electrons. The average Bonchev–Trinajstić information content (AvgIpc) is 2.94. The van der Waals surface area contributed by atoms with Gasteiger partial charge >= 0.3 is 0 Å². The maximum atomic E-state index is 12.7. The van der Waals surface area contributed by atoms with Crippen LogP contribution in [0.5, 0.6) is 5.75 Å². The number of benzene rings is 1. The molecule has 1 heterocycles. The number of nitrogen functional groups attached to an aromatic ring is 1. The number of aryl methyl sites for hydroxylation is 1. The summed E-state index contributed by atoms with van der Waals surface area (Å²) in [6.07, 6.45) is 0.879. The van der Waals surface area contributed by atoms with Crippen LogP contribution in [0.15, 0.2) is 17.0 Å². The van der Waals surface area contributed by atoms with Crippen molar-refractivity contribution in [3.8, 4) is 5.75 Å². The van der Waals surface area contributed by atoms with Crippen molar-refractivity contribution in [2.45, 2.75) is 24.3 Å². The summed E-state index contributed by atoms with van der Waals surface area (Å²) < 4.78 is 32.1. The van der Waals surface area contributed by atoms with Crippen LogP contribution in [0.1, 0.15) is 12.0 Å². The number of hydrogen-bond donors (Lipinski definition) is 1. The standard InChI is InChI=1S/C13H20N2O3S2/c1-9-6-12(18-3)13(7-11(9)14)20(16,17)15(2)10-4-5-19-8-10/h6-7,10H,4-5,8,14H2,1-3H3. The van der Waals surface area contributed by atoms with Crippen LogP contribution in [-0.4, -0.2) is 44.4 Å². The molecular formula is C13H20N2O3S2. The van der Waals surface area contributed by atoms with E-state index in [1.807, 2.05) is 6.92 Å². The van der Waals surface area contributed by atoms with Gasteiger partial charge in [-0.3, -0.25) is 0 Å². The first-order chi connectivity index (χ1) is 9.37. The fourth-order valence-electron chi connectivity index (χ4n) is 2.20. The Bertz CT molecular complexity index is 596. The first-order valence-electron chi connectivity index (χ1n) is 6.38. The minimum atomic E-state index is -3.59. The third kappa shape index (κ3) is 2.75. The van der Waals surface area contributed by atoms with Gasteiger partial charge in [-0.2, -0.15) is 16.1 Å². The lowest BCUT2D eigenvalue weighted by atomic mass is 10.2. The highest BCUT2D eigenvalue weighted by molar-refractivity contribution is 7.99. The monoisotopic (exact) mass is 316 g/mol.